The molecule has 0 unspecified atom stereocenters. The zero-order valence-corrected chi connectivity index (χ0v) is 14.6. The summed E-state index contributed by atoms with van der Waals surface area (Å²) in [6.45, 7) is 4.61. The summed E-state index contributed by atoms with van der Waals surface area (Å²) in [5, 5.41) is 3.93. The van der Waals surface area contributed by atoms with Gasteiger partial charge in [0.05, 0.1) is 12.5 Å². The first-order valence-corrected chi connectivity index (χ1v) is 8.66. The van der Waals surface area contributed by atoms with Crippen molar-refractivity contribution in [3.63, 3.8) is 0 Å². The zero-order chi connectivity index (χ0) is 16.9. The van der Waals surface area contributed by atoms with Gasteiger partial charge in [-0.3, -0.25) is 4.79 Å². The van der Waals surface area contributed by atoms with Crippen molar-refractivity contribution in [2.24, 2.45) is 5.92 Å². The highest BCUT2D eigenvalue weighted by Crippen LogP contribution is 2.32. The molecule has 0 saturated carbocycles. The topological polar surface area (TPSA) is 60.0 Å². The molecule has 1 fully saturated rings. The molecule has 130 valence electrons. The highest BCUT2D eigenvalue weighted by Gasteiger charge is 2.28. The molecule has 2 heterocycles. The Morgan fingerprint density at radius 2 is 2.25 bits per heavy atom. The van der Waals surface area contributed by atoms with Crippen molar-refractivity contribution >= 4 is 23.3 Å². The zero-order valence-electron chi connectivity index (χ0n) is 13.7. The summed E-state index contributed by atoms with van der Waals surface area (Å²) in [6, 6.07) is 5.84. The number of piperidine rings is 1. The second kappa shape index (κ2) is 7.70. The lowest BCUT2D eigenvalue weighted by atomic mass is 9.98. The number of hydrogen-bond acceptors (Lipinski definition) is 5. The molecular weight excluding hydrogens is 328 g/mol. The Morgan fingerprint density at radius 1 is 1.42 bits per heavy atom. The van der Waals surface area contributed by atoms with Gasteiger partial charge in [-0.15, -0.1) is 0 Å². The van der Waals surface area contributed by atoms with Crippen LogP contribution >= 0.6 is 12.2 Å². The van der Waals surface area contributed by atoms with Gasteiger partial charge in [-0.05, 0) is 49.7 Å². The Hall–Kier alpha value is -2.02. The molecule has 1 saturated heterocycles. The van der Waals surface area contributed by atoms with E-state index in [-0.39, 0.29) is 18.7 Å². The number of ether oxygens (including phenoxy) is 3. The molecule has 6 nitrogen and oxygen atoms in total. The normalized spacial score (nSPS) is 19.0. The molecule has 0 aliphatic carbocycles. The van der Waals surface area contributed by atoms with Crippen LogP contribution in [0.5, 0.6) is 11.5 Å². The van der Waals surface area contributed by atoms with Crippen molar-refractivity contribution in [1.82, 2.24) is 10.2 Å². The van der Waals surface area contributed by atoms with Crippen LogP contribution in [0.4, 0.5) is 0 Å². The number of fused-ring (bicyclic) bond motifs is 1. The average molecular weight is 350 g/mol. The molecule has 2 aliphatic rings. The molecule has 0 radical (unpaired) electrons. The Labute approximate surface area is 147 Å². The van der Waals surface area contributed by atoms with Crippen molar-refractivity contribution in [2.75, 3.05) is 26.5 Å². The van der Waals surface area contributed by atoms with Crippen LogP contribution in [0.2, 0.25) is 0 Å². The molecule has 3 rings (SSSR count). The van der Waals surface area contributed by atoms with E-state index >= 15 is 0 Å². The monoisotopic (exact) mass is 350 g/mol. The second-order valence-corrected chi connectivity index (χ2v) is 6.27. The summed E-state index contributed by atoms with van der Waals surface area (Å²) < 4.78 is 15.8. The number of rotatable bonds is 4. The van der Waals surface area contributed by atoms with E-state index in [4.69, 9.17) is 26.4 Å². The van der Waals surface area contributed by atoms with Crippen LogP contribution in [0.1, 0.15) is 25.3 Å². The fraction of sp³-hybridized carbons (Fsp3) is 0.529. The van der Waals surface area contributed by atoms with E-state index in [1.807, 2.05) is 30.0 Å². The molecule has 0 aromatic heterocycles. The molecule has 1 aromatic carbocycles. The molecule has 0 spiro atoms. The SMILES string of the molecule is CCOC(=O)[C@@H]1CCCN(C(=S)NCc2ccc3c(c2)OCO3)C1. The lowest BCUT2D eigenvalue weighted by Gasteiger charge is -2.33. The Morgan fingerprint density at radius 3 is 3.08 bits per heavy atom. The van der Waals surface area contributed by atoms with Crippen LogP contribution in [0.25, 0.3) is 0 Å². The quantitative estimate of drug-likeness (QED) is 0.659. The predicted molar refractivity (Wildman–Crippen MR) is 92.9 cm³/mol. The fourth-order valence-corrected chi connectivity index (χ4v) is 3.19. The lowest BCUT2D eigenvalue weighted by Crippen LogP contribution is -2.47. The van der Waals surface area contributed by atoms with E-state index in [2.05, 4.69) is 5.32 Å². The van der Waals surface area contributed by atoms with E-state index in [0.717, 1.165) is 36.4 Å². The summed E-state index contributed by atoms with van der Waals surface area (Å²) in [5.41, 5.74) is 1.07. The minimum absolute atomic E-state index is 0.0935. The van der Waals surface area contributed by atoms with Gasteiger partial charge in [0, 0.05) is 19.6 Å². The first-order valence-electron chi connectivity index (χ1n) is 8.25. The molecule has 0 bridgehead atoms. The maximum atomic E-state index is 11.9. The first-order chi connectivity index (χ1) is 11.7. The van der Waals surface area contributed by atoms with Gasteiger partial charge < -0.3 is 24.4 Å². The summed E-state index contributed by atoms with van der Waals surface area (Å²) in [5.74, 6) is 1.32. The molecule has 1 N–H and O–H groups in total. The number of hydrogen-bond donors (Lipinski definition) is 1. The number of esters is 1. The van der Waals surface area contributed by atoms with Crippen LogP contribution in [-0.4, -0.2) is 42.5 Å². The predicted octanol–water partition coefficient (Wildman–Crippen LogP) is 2.06. The largest absolute Gasteiger partial charge is 0.466 e. The van der Waals surface area contributed by atoms with Crippen LogP contribution in [0.3, 0.4) is 0 Å². The van der Waals surface area contributed by atoms with Crippen molar-refractivity contribution in [3.8, 4) is 11.5 Å². The van der Waals surface area contributed by atoms with Crippen molar-refractivity contribution in [3.05, 3.63) is 23.8 Å². The van der Waals surface area contributed by atoms with E-state index < -0.39 is 0 Å². The number of carbonyl (C=O) groups is 1. The van der Waals surface area contributed by atoms with Gasteiger partial charge in [0.25, 0.3) is 0 Å². The summed E-state index contributed by atoms with van der Waals surface area (Å²) in [7, 11) is 0. The van der Waals surface area contributed by atoms with Crippen LogP contribution in [0.15, 0.2) is 18.2 Å². The number of thiocarbonyl (C=S) groups is 1. The Kier molecular flexibility index (Phi) is 5.40. The van der Waals surface area contributed by atoms with Crippen molar-refractivity contribution < 1.29 is 19.0 Å². The highest BCUT2D eigenvalue weighted by atomic mass is 32.1. The van der Waals surface area contributed by atoms with Crippen molar-refractivity contribution in [1.29, 1.82) is 0 Å². The number of carbonyl (C=O) groups excluding carboxylic acids is 1. The standard InChI is InChI=1S/C17H22N2O4S/c1-2-21-16(20)13-4-3-7-19(10-13)17(24)18-9-12-5-6-14-15(8-12)23-11-22-14/h5-6,8,13H,2-4,7,9-11H2,1H3,(H,18,24)/t13-/m1/s1. The minimum Gasteiger partial charge on any atom is -0.466 e. The van der Waals surface area contributed by atoms with Gasteiger partial charge in [0.15, 0.2) is 16.6 Å². The molecular formula is C17H22N2O4S. The third kappa shape index (κ3) is 3.90. The molecule has 1 atom stereocenters. The van der Waals surface area contributed by atoms with E-state index in [1.54, 1.807) is 0 Å². The second-order valence-electron chi connectivity index (χ2n) is 5.88. The number of likely N-dealkylation sites (tertiary alicyclic amines) is 1. The molecule has 7 heteroatoms. The fourth-order valence-electron chi connectivity index (χ4n) is 2.95. The third-order valence-electron chi connectivity index (χ3n) is 4.21. The van der Waals surface area contributed by atoms with E-state index in [9.17, 15) is 4.79 Å². The van der Waals surface area contributed by atoms with Crippen LogP contribution < -0.4 is 14.8 Å². The molecule has 0 amide bonds. The summed E-state index contributed by atoms with van der Waals surface area (Å²) >= 11 is 5.48. The Bertz CT molecular complexity index is 623. The number of nitrogens with one attached hydrogen (secondary N) is 1. The van der Waals surface area contributed by atoms with Gasteiger partial charge in [-0.2, -0.15) is 0 Å². The van der Waals surface area contributed by atoms with Crippen molar-refractivity contribution in [2.45, 2.75) is 26.3 Å². The summed E-state index contributed by atoms with van der Waals surface area (Å²) in [4.78, 5) is 14.0. The van der Waals surface area contributed by atoms with Gasteiger partial charge in [0.1, 0.15) is 0 Å². The van der Waals surface area contributed by atoms with Gasteiger partial charge in [-0.1, -0.05) is 6.07 Å². The third-order valence-corrected chi connectivity index (χ3v) is 4.61. The number of benzene rings is 1. The number of nitrogens with zero attached hydrogens (tertiary/aromatic N) is 1. The minimum atomic E-state index is -0.124. The maximum Gasteiger partial charge on any atom is 0.310 e. The maximum absolute atomic E-state index is 11.9. The molecule has 1 aromatic rings. The first kappa shape index (κ1) is 16.8. The van der Waals surface area contributed by atoms with Gasteiger partial charge in [-0.25, -0.2) is 0 Å². The van der Waals surface area contributed by atoms with E-state index in [1.165, 1.54) is 0 Å². The summed E-state index contributed by atoms with van der Waals surface area (Å²) in [6.07, 6.45) is 1.80. The highest BCUT2D eigenvalue weighted by molar-refractivity contribution is 7.80. The van der Waals surface area contributed by atoms with Gasteiger partial charge in [0.2, 0.25) is 6.79 Å². The molecule has 2 aliphatic heterocycles. The van der Waals surface area contributed by atoms with Crippen LogP contribution in [-0.2, 0) is 16.1 Å². The van der Waals surface area contributed by atoms with E-state index in [0.29, 0.717) is 24.8 Å². The smallest absolute Gasteiger partial charge is 0.310 e. The van der Waals surface area contributed by atoms with Crippen LogP contribution in [0, 0.1) is 5.92 Å². The molecule has 24 heavy (non-hydrogen) atoms. The Balaban J connectivity index is 1.52. The lowest BCUT2D eigenvalue weighted by molar-refractivity contribution is -0.149. The van der Waals surface area contributed by atoms with Gasteiger partial charge >= 0.3 is 5.97 Å². The average Bonchev–Trinajstić information content (AvgIpc) is 3.07.